The Labute approximate surface area is 84.2 Å². The molecule has 0 aromatic heterocycles. The number of hydrogen-bond donors (Lipinski definition) is 0. The number of carbonyl (C=O) groups is 1. The van der Waals surface area contributed by atoms with Gasteiger partial charge < -0.3 is 4.74 Å². The summed E-state index contributed by atoms with van der Waals surface area (Å²) >= 11 is 0. The van der Waals surface area contributed by atoms with Gasteiger partial charge in [0, 0.05) is 0 Å². The number of rotatable bonds is 5. The topological polar surface area (TPSA) is 26.3 Å². The van der Waals surface area contributed by atoms with Gasteiger partial charge in [0.05, 0.1) is 6.61 Å². The molecule has 0 aliphatic rings. The predicted molar refractivity (Wildman–Crippen MR) is 55.9 cm³/mol. The van der Waals surface area contributed by atoms with E-state index in [9.17, 15) is 4.79 Å². The van der Waals surface area contributed by atoms with Crippen LogP contribution in [-0.4, -0.2) is 11.9 Å². The van der Waals surface area contributed by atoms with Crippen molar-refractivity contribution in [3.8, 4) is 0 Å². The predicted octanol–water partition coefficient (Wildman–Crippen LogP) is 2.35. The molecule has 1 aromatic carbocycles. The molecule has 1 aromatic rings. The molecule has 0 fully saturated rings. The fourth-order valence-electron chi connectivity index (χ4n) is 0.954. The Morgan fingerprint density at radius 1 is 1.43 bits per heavy atom. The van der Waals surface area contributed by atoms with Crippen molar-refractivity contribution >= 4 is 6.29 Å². The molecule has 14 heavy (non-hydrogen) atoms. The lowest BCUT2D eigenvalue weighted by molar-refractivity contribution is -0.124. The highest BCUT2D eigenvalue weighted by Crippen LogP contribution is 2.11. The highest BCUT2D eigenvalue weighted by atomic mass is 16.5. The molecule has 0 bridgehead atoms. The second-order valence-electron chi connectivity index (χ2n) is 3.28. The molecule has 2 heteroatoms. The Balaban J connectivity index is 2.56. The lowest BCUT2D eigenvalue weighted by Crippen LogP contribution is -2.27. The largest absolute Gasteiger partial charge is 0.359 e. The highest BCUT2D eigenvalue weighted by molar-refractivity contribution is 5.65. The smallest absolute Gasteiger partial charge is 0.155 e. The summed E-state index contributed by atoms with van der Waals surface area (Å²) in [5.41, 5.74) is 0.165. The van der Waals surface area contributed by atoms with Crippen molar-refractivity contribution in [2.75, 3.05) is 0 Å². The van der Waals surface area contributed by atoms with Crippen LogP contribution in [-0.2, 0) is 16.1 Å². The Bertz CT molecular complexity index is 295. The molecule has 0 saturated carbocycles. The number of carbonyl (C=O) groups excluding carboxylic acids is 1. The molecule has 0 heterocycles. The van der Waals surface area contributed by atoms with E-state index in [0.29, 0.717) is 6.61 Å². The molecule has 0 radical (unpaired) electrons. The number of ether oxygens (including phenoxy) is 1. The van der Waals surface area contributed by atoms with Crippen molar-refractivity contribution in [1.29, 1.82) is 0 Å². The number of aldehydes is 1. The third-order valence-electron chi connectivity index (χ3n) is 2.03. The summed E-state index contributed by atoms with van der Waals surface area (Å²) in [7, 11) is 0. The van der Waals surface area contributed by atoms with Gasteiger partial charge in [0.15, 0.2) is 6.29 Å². The average molecular weight is 190 g/mol. The van der Waals surface area contributed by atoms with Crippen LogP contribution in [0.15, 0.2) is 43.0 Å². The van der Waals surface area contributed by atoms with Crippen molar-refractivity contribution in [1.82, 2.24) is 0 Å². The van der Waals surface area contributed by atoms with Crippen LogP contribution in [0, 0.1) is 0 Å². The van der Waals surface area contributed by atoms with Gasteiger partial charge in [0.25, 0.3) is 0 Å². The van der Waals surface area contributed by atoms with Crippen LogP contribution in [0.25, 0.3) is 0 Å². The van der Waals surface area contributed by atoms with Crippen LogP contribution in [0.3, 0.4) is 0 Å². The van der Waals surface area contributed by atoms with Crippen molar-refractivity contribution < 1.29 is 9.53 Å². The second kappa shape index (κ2) is 4.72. The zero-order chi connectivity index (χ0) is 10.4. The Hall–Kier alpha value is -1.41. The van der Waals surface area contributed by atoms with Gasteiger partial charge in [-0.05, 0) is 12.5 Å². The van der Waals surface area contributed by atoms with Crippen molar-refractivity contribution in [3.63, 3.8) is 0 Å². The molecule has 0 N–H and O–H groups in total. The molecule has 0 saturated heterocycles. The van der Waals surface area contributed by atoms with Crippen molar-refractivity contribution in [2.24, 2.45) is 0 Å². The van der Waals surface area contributed by atoms with Crippen LogP contribution >= 0.6 is 0 Å². The molecular formula is C12H14O2. The van der Waals surface area contributed by atoms with Crippen LogP contribution in [0.2, 0.25) is 0 Å². The maximum absolute atomic E-state index is 10.7. The minimum Gasteiger partial charge on any atom is -0.359 e. The van der Waals surface area contributed by atoms with E-state index in [-0.39, 0.29) is 0 Å². The van der Waals surface area contributed by atoms with Gasteiger partial charge in [-0.3, -0.25) is 4.79 Å². The van der Waals surface area contributed by atoms with Gasteiger partial charge in [-0.2, -0.15) is 0 Å². The summed E-state index contributed by atoms with van der Waals surface area (Å²) in [5, 5.41) is 0. The molecule has 0 aliphatic carbocycles. The fraction of sp³-hybridized carbons (Fsp3) is 0.250. The molecular weight excluding hydrogens is 176 g/mol. The second-order valence-corrected chi connectivity index (χ2v) is 3.28. The Morgan fingerprint density at radius 2 is 2.07 bits per heavy atom. The lowest BCUT2D eigenvalue weighted by Gasteiger charge is -2.18. The van der Waals surface area contributed by atoms with E-state index in [0.717, 1.165) is 11.8 Å². The van der Waals surface area contributed by atoms with E-state index in [1.807, 2.05) is 30.3 Å². The van der Waals surface area contributed by atoms with Crippen LogP contribution < -0.4 is 0 Å². The van der Waals surface area contributed by atoms with Gasteiger partial charge in [-0.1, -0.05) is 43.0 Å². The average Bonchev–Trinajstić information content (AvgIpc) is 2.27. The third kappa shape index (κ3) is 2.82. The molecule has 1 rings (SSSR count). The molecule has 1 unspecified atom stereocenters. The standard InChI is InChI=1S/C12H14O2/c1-3-12(2,10-13)14-9-11-7-5-4-6-8-11/h3-8,10H,1,9H2,2H3. The van der Waals surface area contributed by atoms with Gasteiger partial charge in [0.2, 0.25) is 0 Å². The first-order chi connectivity index (χ1) is 6.70. The van der Waals surface area contributed by atoms with Crippen molar-refractivity contribution in [2.45, 2.75) is 19.1 Å². The summed E-state index contributed by atoms with van der Waals surface area (Å²) in [6.07, 6.45) is 2.26. The molecule has 2 nitrogen and oxygen atoms in total. The molecule has 1 atom stereocenters. The normalized spacial score (nSPS) is 14.4. The minimum atomic E-state index is -0.879. The fourth-order valence-corrected chi connectivity index (χ4v) is 0.954. The van der Waals surface area contributed by atoms with E-state index in [4.69, 9.17) is 4.74 Å². The highest BCUT2D eigenvalue weighted by Gasteiger charge is 2.19. The maximum Gasteiger partial charge on any atom is 0.155 e. The van der Waals surface area contributed by atoms with Crippen LogP contribution in [0.4, 0.5) is 0 Å². The monoisotopic (exact) mass is 190 g/mol. The summed E-state index contributed by atoms with van der Waals surface area (Å²) in [6.45, 7) is 5.67. The van der Waals surface area contributed by atoms with Crippen LogP contribution in [0.5, 0.6) is 0 Å². The SMILES string of the molecule is C=CC(C)(C=O)OCc1ccccc1. The maximum atomic E-state index is 10.7. The first kappa shape index (κ1) is 10.7. The number of hydrogen-bond acceptors (Lipinski definition) is 2. The summed E-state index contributed by atoms with van der Waals surface area (Å²) in [4.78, 5) is 10.7. The Kier molecular flexibility index (Phi) is 3.60. The van der Waals surface area contributed by atoms with Gasteiger partial charge >= 0.3 is 0 Å². The summed E-state index contributed by atoms with van der Waals surface area (Å²) in [6, 6.07) is 9.72. The van der Waals surface area contributed by atoms with Gasteiger partial charge in [-0.15, -0.1) is 0 Å². The molecule has 0 aliphatic heterocycles. The molecule has 0 spiro atoms. The first-order valence-electron chi connectivity index (χ1n) is 4.48. The van der Waals surface area contributed by atoms with E-state index in [1.54, 1.807) is 6.92 Å². The van der Waals surface area contributed by atoms with Gasteiger partial charge in [-0.25, -0.2) is 0 Å². The van der Waals surface area contributed by atoms with Crippen molar-refractivity contribution in [3.05, 3.63) is 48.6 Å². The van der Waals surface area contributed by atoms with Crippen LogP contribution in [0.1, 0.15) is 12.5 Å². The van der Waals surface area contributed by atoms with E-state index < -0.39 is 5.60 Å². The number of benzene rings is 1. The molecule has 0 amide bonds. The first-order valence-corrected chi connectivity index (χ1v) is 4.48. The summed E-state index contributed by atoms with van der Waals surface area (Å²) in [5.74, 6) is 0. The zero-order valence-electron chi connectivity index (χ0n) is 8.27. The third-order valence-corrected chi connectivity index (χ3v) is 2.03. The van der Waals surface area contributed by atoms with Gasteiger partial charge in [0.1, 0.15) is 5.60 Å². The van der Waals surface area contributed by atoms with E-state index >= 15 is 0 Å². The zero-order valence-corrected chi connectivity index (χ0v) is 8.27. The quantitative estimate of drug-likeness (QED) is 0.526. The Morgan fingerprint density at radius 3 is 2.57 bits per heavy atom. The lowest BCUT2D eigenvalue weighted by atomic mass is 10.1. The summed E-state index contributed by atoms with van der Waals surface area (Å²) < 4.78 is 5.43. The van der Waals surface area contributed by atoms with E-state index in [1.165, 1.54) is 6.08 Å². The molecule has 74 valence electrons. The minimum absolute atomic E-state index is 0.419. The van der Waals surface area contributed by atoms with E-state index in [2.05, 4.69) is 6.58 Å².